The molecule has 0 bridgehead atoms. The van der Waals surface area contributed by atoms with Crippen LogP contribution in [0.5, 0.6) is 11.5 Å². The van der Waals surface area contributed by atoms with Gasteiger partial charge in [0, 0.05) is 22.8 Å². The first-order valence-corrected chi connectivity index (χ1v) is 5.88. The highest BCUT2D eigenvalue weighted by Crippen LogP contribution is 2.28. The van der Waals surface area contributed by atoms with E-state index in [0.29, 0.717) is 10.9 Å². The summed E-state index contributed by atoms with van der Waals surface area (Å²) in [6, 6.07) is 7.21. The van der Waals surface area contributed by atoms with Crippen molar-refractivity contribution in [3.05, 3.63) is 51.8 Å². The van der Waals surface area contributed by atoms with Crippen LogP contribution in [0.15, 0.2) is 30.5 Å². The Morgan fingerprint density at radius 3 is 2.53 bits per heavy atom. The van der Waals surface area contributed by atoms with E-state index in [4.69, 9.17) is 27.9 Å². The van der Waals surface area contributed by atoms with E-state index < -0.39 is 0 Å². The van der Waals surface area contributed by atoms with Crippen LogP contribution in [0.1, 0.15) is 11.1 Å². The van der Waals surface area contributed by atoms with E-state index in [9.17, 15) is 0 Å². The number of pyridine rings is 1. The topological polar surface area (TPSA) is 22.1 Å². The summed E-state index contributed by atoms with van der Waals surface area (Å²) in [4.78, 5) is 3.98. The third-order valence-electron chi connectivity index (χ3n) is 2.38. The lowest BCUT2D eigenvalue weighted by Gasteiger charge is -2.09. The van der Waals surface area contributed by atoms with Crippen LogP contribution in [0.2, 0.25) is 10.2 Å². The van der Waals surface area contributed by atoms with E-state index in [1.54, 1.807) is 12.3 Å². The van der Waals surface area contributed by atoms with Crippen LogP contribution in [0.3, 0.4) is 0 Å². The zero-order valence-electron chi connectivity index (χ0n) is 9.50. The van der Waals surface area contributed by atoms with Crippen molar-refractivity contribution in [3.8, 4) is 11.5 Å². The van der Waals surface area contributed by atoms with Crippen molar-refractivity contribution in [2.24, 2.45) is 0 Å². The molecule has 0 saturated heterocycles. The summed E-state index contributed by atoms with van der Waals surface area (Å²) in [5, 5.41) is 1.14. The third kappa shape index (κ3) is 2.90. The van der Waals surface area contributed by atoms with Crippen molar-refractivity contribution in [2.45, 2.75) is 13.8 Å². The van der Waals surface area contributed by atoms with Crippen LogP contribution in [0, 0.1) is 13.8 Å². The first-order valence-electron chi connectivity index (χ1n) is 5.12. The summed E-state index contributed by atoms with van der Waals surface area (Å²) < 4.78 is 5.74. The summed E-state index contributed by atoms with van der Waals surface area (Å²) in [5.41, 5.74) is 1.91. The molecule has 2 rings (SSSR count). The van der Waals surface area contributed by atoms with Gasteiger partial charge in [0.15, 0.2) is 0 Å². The van der Waals surface area contributed by atoms with Crippen molar-refractivity contribution in [1.29, 1.82) is 0 Å². The monoisotopic (exact) mass is 267 g/mol. The number of aryl methyl sites for hydroxylation is 2. The molecule has 2 nitrogen and oxygen atoms in total. The van der Waals surface area contributed by atoms with Crippen LogP contribution >= 0.6 is 23.2 Å². The van der Waals surface area contributed by atoms with Crippen LogP contribution < -0.4 is 4.74 Å². The second-order valence-corrected chi connectivity index (χ2v) is 4.58. The van der Waals surface area contributed by atoms with Gasteiger partial charge in [-0.25, -0.2) is 4.98 Å². The molecule has 0 radical (unpaired) electrons. The number of ether oxygens (including phenoxy) is 1. The fourth-order valence-corrected chi connectivity index (χ4v) is 1.66. The summed E-state index contributed by atoms with van der Waals surface area (Å²) in [6.45, 7) is 3.85. The van der Waals surface area contributed by atoms with E-state index in [1.807, 2.05) is 32.0 Å². The molecule has 4 heteroatoms. The number of halogens is 2. The lowest BCUT2D eigenvalue weighted by atomic mass is 10.2. The molecule has 0 aliphatic carbocycles. The van der Waals surface area contributed by atoms with Crippen molar-refractivity contribution < 1.29 is 4.74 Å². The second-order valence-electron chi connectivity index (χ2n) is 3.79. The van der Waals surface area contributed by atoms with E-state index >= 15 is 0 Å². The molecular formula is C13H11Cl2NO. The Kier molecular flexibility index (Phi) is 3.55. The van der Waals surface area contributed by atoms with Crippen molar-refractivity contribution in [1.82, 2.24) is 4.98 Å². The van der Waals surface area contributed by atoms with Gasteiger partial charge in [0.2, 0.25) is 0 Å². The fraction of sp³-hybridized carbons (Fsp3) is 0.154. The molecule has 1 heterocycles. The summed E-state index contributed by atoms with van der Waals surface area (Å²) in [5.74, 6) is 1.43. The average Bonchev–Trinajstić information content (AvgIpc) is 2.29. The molecular weight excluding hydrogens is 257 g/mol. The smallest absolute Gasteiger partial charge is 0.134 e. The molecule has 0 saturated carbocycles. The summed E-state index contributed by atoms with van der Waals surface area (Å²) >= 11 is 11.8. The quantitative estimate of drug-likeness (QED) is 0.730. The van der Waals surface area contributed by atoms with Gasteiger partial charge in [-0.3, -0.25) is 0 Å². The number of hydrogen-bond acceptors (Lipinski definition) is 2. The molecule has 0 aliphatic rings. The lowest BCUT2D eigenvalue weighted by Crippen LogP contribution is -1.90. The molecule has 1 aromatic heterocycles. The Balaban J connectivity index is 2.31. The molecule has 0 amide bonds. The molecule has 0 aliphatic heterocycles. The standard InChI is InChI=1S/C13H11Cl2NO/c1-8-5-10(3-4-11(8)14)17-12-6-13(15)16-7-9(12)2/h3-7H,1-2H3. The van der Waals surface area contributed by atoms with Gasteiger partial charge in [0.05, 0.1) is 0 Å². The zero-order chi connectivity index (χ0) is 12.4. The summed E-state index contributed by atoms with van der Waals surface area (Å²) in [6.07, 6.45) is 1.68. The molecule has 0 unspecified atom stereocenters. The molecule has 17 heavy (non-hydrogen) atoms. The van der Waals surface area contributed by atoms with Gasteiger partial charge in [-0.05, 0) is 37.6 Å². The van der Waals surface area contributed by atoms with E-state index in [1.165, 1.54) is 0 Å². The van der Waals surface area contributed by atoms with Crippen molar-refractivity contribution >= 4 is 23.2 Å². The minimum atomic E-state index is 0.413. The van der Waals surface area contributed by atoms with Gasteiger partial charge in [0.25, 0.3) is 0 Å². The van der Waals surface area contributed by atoms with Gasteiger partial charge in [-0.1, -0.05) is 23.2 Å². The Bertz CT molecular complexity index is 555. The Morgan fingerprint density at radius 2 is 1.82 bits per heavy atom. The fourth-order valence-electron chi connectivity index (χ4n) is 1.40. The highest BCUT2D eigenvalue weighted by atomic mass is 35.5. The van der Waals surface area contributed by atoms with Gasteiger partial charge < -0.3 is 4.74 Å². The van der Waals surface area contributed by atoms with Crippen LogP contribution in [0.4, 0.5) is 0 Å². The van der Waals surface area contributed by atoms with Gasteiger partial charge in [0.1, 0.15) is 16.7 Å². The number of aromatic nitrogens is 1. The van der Waals surface area contributed by atoms with Gasteiger partial charge in [-0.15, -0.1) is 0 Å². The second kappa shape index (κ2) is 4.94. The third-order valence-corrected chi connectivity index (χ3v) is 3.01. The molecule has 2 aromatic rings. The Morgan fingerprint density at radius 1 is 1.06 bits per heavy atom. The van der Waals surface area contributed by atoms with Crippen LogP contribution in [-0.2, 0) is 0 Å². The van der Waals surface area contributed by atoms with Crippen molar-refractivity contribution in [3.63, 3.8) is 0 Å². The lowest BCUT2D eigenvalue weighted by molar-refractivity contribution is 0.477. The normalized spacial score (nSPS) is 10.4. The van der Waals surface area contributed by atoms with Gasteiger partial charge in [-0.2, -0.15) is 0 Å². The van der Waals surface area contributed by atoms with Gasteiger partial charge >= 0.3 is 0 Å². The highest BCUT2D eigenvalue weighted by molar-refractivity contribution is 6.31. The minimum absolute atomic E-state index is 0.413. The average molecular weight is 268 g/mol. The van der Waals surface area contributed by atoms with E-state index in [2.05, 4.69) is 4.98 Å². The molecule has 0 spiro atoms. The Labute approximate surface area is 110 Å². The highest BCUT2D eigenvalue weighted by Gasteiger charge is 2.04. The molecule has 88 valence electrons. The number of nitrogens with zero attached hydrogens (tertiary/aromatic N) is 1. The largest absolute Gasteiger partial charge is 0.457 e. The number of rotatable bonds is 2. The molecule has 0 atom stereocenters. The molecule has 0 N–H and O–H groups in total. The maximum Gasteiger partial charge on any atom is 0.134 e. The van der Waals surface area contributed by atoms with Crippen molar-refractivity contribution in [2.75, 3.05) is 0 Å². The first kappa shape index (κ1) is 12.2. The van der Waals surface area contributed by atoms with Crippen LogP contribution in [0.25, 0.3) is 0 Å². The maximum absolute atomic E-state index is 5.95. The predicted octanol–water partition coefficient (Wildman–Crippen LogP) is 4.80. The molecule has 1 aromatic carbocycles. The zero-order valence-corrected chi connectivity index (χ0v) is 11.0. The number of hydrogen-bond donors (Lipinski definition) is 0. The number of benzene rings is 1. The maximum atomic E-state index is 5.95. The summed E-state index contributed by atoms with van der Waals surface area (Å²) in [7, 11) is 0. The Hall–Kier alpha value is -1.25. The first-order chi connectivity index (χ1) is 8.06. The minimum Gasteiger partial charge on any atom is -0.457 e. The SMILES string of the molecule is Cc1cc(Oc2cc(Cl)ncc2C)ccc1Cl. The predicted molar refractivity (Wildman–Crippen MR) is 70.2 cm³/mol. The molecule has 0 fully saturated rings. The van der Waals surface area contributed by atoms with Crippen LogP contribution in [-0.4, -0.2) is 4.98 Å². The van der Waals surface area contributed by atoms with E-state index in [-0.39, 0.29) is 0 Å². The van der Waals surface area contributed by atoms with E-state index in [0.717, 1.165) is 21.9 Å².